The SMILES string of the molecule is ClC(c1ccccc1)(C1CCCCC1)C1CCCC1. The van der Waals surface area contributed by atoms with E-state index >= 15 is 0 Å². The summed E-state index contributed by atoms with van der Waals surface area (Å²) in [6, 6.07) is 10.9. The fourth-order valence-corrected chi connectivity index (χ4v) is 4.93. The average molecular weight is 277 g/mol. The first-order valence-electron chi connectivity index (χ1n) is 8.06. The zero-order valence-corrected chi connectivity index (χ0v) is 12.5. The molecule has 3 rings (SSSR count). The quantitative estimate of drug-likeness (QED) is 0.604. The minimum atomic E-state index is -0.0851. The van der Waals surface area contributed by atoms with Crippen molar-refractivity contribution in [2.75, 3.05) is 0 Å². The second-order valence-corrected chi connectivity index (χ2v) is 7.08. The van der Waals surface area contributed by atoms with Crippen LogP contribution in [0, 0.1) is 11.8 Å². The van der Waals surface area contributed by atoms with E-state index in [2.05, 4.69) is 30.3 Å². The molecule has 2 saturated carbocycles. The molecule has 0 nitrogen and oxygen atoms in total. The smallest absolute Gasteiger partial charge is 0.0751 e. The molecule has 0 N–H and O–H groups in total. The van der Waals surface area contributed by atoms with Gasteiger partial charge >= 0.3 is 0 Å². The molecule has 0 spiro atoms. The van der Waals surface area contributed by atoms with Crippen LogP contribution in [-0.4, -0.2) is 0 Å². The fourth-order valence-electron chi connectivity index (χ4n) is 4.37. The number of rotatable bonds is 3. The van der Waals surface area contributed by atoms with Crippen LogP contribution in [0.2, 0.25) is 0 Å². The van der Waals surface area contributed by atoms with Gasteiger partial charge in [-0.2, -0.15) is 0 Å². The maximum absolute atomic E-state index is 7.35. The summed E-state index contributed by atoms with van der Waals surface area (Å²) in [6.07, 6.45) is 12.2. The van der Waals surface area contributed by atoms with Gasteiger partial charge in [-0.05, 0) is 43.1 Å². The maximum Gasteiger partial charge on any atom is 0.0751 e. The highest BCUT2D eigenvalue weighted by atomic mass is 35.5. The molecule has 0 saturated heterocycles. The molecule has 0 heterocycles. The molecule has 19 heavy (non-hydrogen) atoms. The zero-order chi connectivity index (χ0) is 13.1. The van der Waals surface area contributed by atoms with Crippen LogP contribution in [0.1, 0.15) is 63.4 Å². The van der Waals surface area contributed by atoms with Crippen LogP contribution >= 0.6 is 11.6 Å². The van der Waals surface area contributed by atoms with Gasteiger partial charge in [0.15, 0.2) is 0 Å². The Morgan fingerprint density at radius 3 is 1.74 bits per heavy atom. The first-order valence-corrected chi connectivity index (χ1v) is 8.44. The molecule has 0 radical (unpaired) electrons. The average Bonchev–Trinajstić information content (AvgIpc) is 3.03. The molecule has 2 aliphatic rings. The van der Waals surface area contributed by atoms with E-state index in [9.17, 15) is 0 Å². The summed E-state index contributed by atoms with van der Waals surface area (Å²) in [5.41, 5.74) is 1.38. The molecule has 1 aromatic rings. The van der Waals surface area contributed by atoms with Crippen LogP contribution < -0.4 is 0 Å². The van der Waals surface area contributed by atoms with E-state index in [-0.39, 0.29) is 4.87 Å². The van der Waals surface area contributed by atoms with Crippen molar-refractivity contribution in [2.24, 2.45) is 11.8 Å². The van der Waals surface area contributed by atoms with Crippen LogP contribution in [0.5, 0.6) is 0 Å². The van der Waals surface area contributed by atoms with E-state index in [4.69, 9.17) is 11.6 Å². The van der Waals surface area contributed by atoms with Crippen molar-refractivity contribution in [3.05, 3.63) is 35.9 Å². The fraction of sp³-hybridized carbons (Fsp3) is 0.667. The molecule has 0 aromatic heterocycles. The standard InChI is InChI=1S/C18H25Cl/c19-18(17-13-7-8-14-17,15-9-3-1-4-10-15)16-11-5-2-6-12-16/h1,3-4,9-10,16-17H,2,5-8,11-14H2. The summed E-state index contributed by atoms with van der Waals surface area (Å²) < 4.78 is 0. The van der Waals surface area contributed by atoms with Crippen molar-refractivity contribution in [3.63, 3.8) is 0 Å². The number of hydrogen-bond acceptors (Lipinski definition) is 0. The van der Waals surface area contributed by atoms with Crippen molar-refractivity contribution >= 4 is 11.6 Å². The first kappa shape index (κ1) is 13.5. The molecule has 0 aliphatic heterocycles. The van der Waals surface area contributed by atoms with E-state index in [0.29, 0.717) is 11.8 Å². The summed E-state index contributed by atoms with van der Waals surface area (Å²) in [7, 11) is 0. The monoisotopic (exact) mass is 276 g/mol. The van der Waals surface area contributed by atoms with Crippen molar-refractivity contribution in [1.82, 2.24) is 0 Å². The number of hydrogen-bond donors (Lipinski definition) is 0. The summed E-state index contributed by atoms with van der Waals surface area (Å²) >= 11 is 7.35. The van der Waals surface area contributed by atoms with Gasteiger partial charge in [0.2, 0.25) is 0 Å². The van der Waals surface area contributed by atoms with Gasteiger partial charge in [0.1, 0.15) is 0 Å². The molecule has 1 aromatic carbocycles. The first-order chi connectivity index (χ1) is 9.32. The zero-order valence-electron chi connectivity index (χ0n) is 11.8. The van der Waals surface area contributed by atoms with E-state index in [1.54, 1.807) is 0 Å². The highest BCUT2D eigenvalue weighted by Gasteiger charge is 2.45. The topological polar surface area (TPSA) is 0 Å². The highest BCUT2D eigenvalue weighted by Crippen LogP contribution is 2.53. The Hall–Kier alpha value is -0.490. The summed E-state index contributed by atoms with van der Waals surface area (Å²) in [5.74, 6) is 1.38. The van der Waals surface area contributed by atoms with Crippen molar-refractivity contribution < 1.29 is 0 Å². The third kappa shape index (κ3) is 2.57. The van der Waals surface area contributed by atoms with Gasteiger partial charge in [-0.3, -0.25) is 0 Å². The molecular formula is C18H25Cl. The minimum absolute atomic E-state index is 0.0851. The number of halogens is 1. The largest absolute Gasteiger partial charge is 0.113 e. The van der Waals surface area contributed by atoms with Gasteiger partial charge in [0.25, 0.3) is 0 Å². The van der Waals surface area contributed by atoms with Crippen LogP contribution in [0.3, 0.4) is 0 Å². The molecule has 2 aliphatic carbocycles. The Kier molecular flexibility index (Phi) is 4.17. The third-order valence-corrected chi connectivity index (χ3v) is 6.20. The van der Waals surface area contributed by atoms with E-state index < -0.39 is 0 Å². The van der Waals surface area contributed by atoms with Gasteiger partial charge in [0, 0.05) is 0 Å². The highest BCUT2D eigenvalue weighted by molar-refractivity contribution is 6.24. The van der Waals surface area contributed by atoms with Crippen molar-refractivity contribution in [2.45, 2.75) is 62.7 Å². The van der Waals surface area contributed by atoms with Gasteiger partial charge in [-0.1, -0.05) is 62.4 Å². The number of benzene rings is 1. The Bertz CT molecular complexity index is 387. The van der Waals surface area contributed by atoms with E-state index in [1.807, 2.05) is 0 Å². The Morgan fingerprint density at radius 1 is 0.737 bits per heavy atom. The molecule has 1 heteroatoms. The molecule has 1 unspecified atom stereocenters. The van der Waals surface area contributed by atoms with Crippen LogP contribution in [0.25, 0.3) is 0 Å². The number of alkyl halides is 1. The predicted molar refractivity (Wildman–Crippen MR) is 82.5 cm³/mol. The lowest BCUT2D eigenvalue weighted by Gasteiger charge is -2.42. The lowest BCUT2D eigenvalue weighted by Crippen LogP contribution is -2.37. The molecule has 1 atom stereocenters. The van der Waals surface area contributed by atoms with E-state index in [1.165, 1.54) is 63.4 Å². The van der Waals surface area contributed by atoms with Gasteiger partial charge < -0.3 is 0 Å². The Morgan fingerprint density at radius 2 is 1.21 bits per heavy atom. The van der Waals surface area contributed by atoms with E-state index in [0.717, 1.165) is 0 Å². The lowest BCUT2D eigenvalue weighted by atomic mass is 9.69. The predicted octanol–water partition coefficient (Wildman–Crippen LogP) is 5.89. The summed E-state index contributed by atoms with van der Waals surface area (Å²) in [4.78, 5) is -0.0851. The summed E-state index contributed by atoms with van der Waals surface area (Å²) in [6.45, 7) is 0. The molecule has 2 fully saturated rings. The lowest BCUT2D eigenvalue weighted by molar-refractivity contribution is 0.207. The van der Waals surface area contributed by atoms with Crippen molar-refractivity contribution in [1.29, 1.82) is 0 Å². The van der Waals surface area contributed by atoms with Crippen LogP contribution in [-0.2, 0) is 4.87 Å². The Balaban J connectivity index is 1.94. The summed E-state index contributed by atoms with van der Waals surface area (Å²) in [5, 5.41) is 0. The van der Waals surface area contributed by atoms with Gasteiger partial charge in [0.05, 0.1) is 4.87 Å². The second-order valence-electron chi connectivity index (χ2n) is 6.45. The van der Waals surface area contributed by atoms with Crippen LogP contribution in [0.4, 0.5) is 0 Å². The molecule has 0 amide bonds. The van der Waals surface area contributed by atoms with Crippen molar-refractivity contribution in [3.8, 4) is 0 Å². The third-order valence-electron chi connectivity index (χ3n) is 5.36. The van der Waals surface area contributed by atoms with Gasteiger partial charge in [-0.25, -0.2) is 0 Å². The van der Waals surface area contributed by atoms with Gasteiger partial charge in [-0.15, -0.1) is 11.6 Å². The molecule has 104 valence electrons. The Labute approximate surface area is 122 Å². The van der Waals surface area contributed by atoms with Crippen LogP contribution in [0.15, 0.2) is 30.3 Å². The maximum atomic E-state index is 7.35. The molecular weight excluding hydrogens is 252 g/mol. The minimum Gasteiger partial charge on any atom is -0.113 e. The molecule has 0 bridgehead atoms. The second kappa shape index (κ2) is 5.87. The normalized spacial score (nSPS) is 25.3.